The SMILES string of the molecule is CC(C)Cc1cc(C(=O)Nc2ccc(C#N)cc2)no1. The van der Waals surface area contributed by atoms with Crippen molar-refractivity contribution in [2.45, 2.75) is 20.3 Å². The third-order valence-corrected chi connectivity index (χ3v) is 2.67. The van der Waals surface area contributed by atoms with Gasteiger partial charge in [0.15, 0.2) is 5.69 Å². The van der Waals surface area contributed by atoms with Gasteiger partial charge in [0, 0.05) is 18.2 Å². The highest BCUT2D eigenvalue weighted by atomic mass is 16.5. The van der Waals surface area contributed by atoms with Gasteiger partial charge < -0.3 is 9.84 Å². The maximum absolute atomic E-state index is 12.0. The second-order valence-corrected chi connectivity index (χ2v) is 4.92. The first-order valence-electron chi connectivity index (χ1n) is 6.35. The summed E-state index contributed by atoms with van der Waals surface area (Å²) in [6, 6.07) is 10.3. The molecule has 2 rings (SSSR count). The van der Waals surface area contributed by atoms with Crippen molar-refractivity contribution >= 4 is 11.6 Å². The van der Waals surface area contributed by atoms with Crippen molar-refractivity contribution in [2.75, 3.05) is 5.32 Å². The molecule has 102 valence electrons. The second-order valence-electron chi connectivity index (χ2n) is 4.92. The summed E-state index contributed by atoms with van der Waals surface area (Å²) >= 11 is 0. The Bertz CT molecular complexity index is 636. The molecule has 0 atom stereocenters. The molecular formula is C15H15N3O2. The van der Waals surface area contributed by atoms with E-state index in [4.69, 9.17) is 9.78 Å². The molecule has 1 aromatic carbocycles. The molecule has 0 unspecified atom stereocenters. The molecule has 20 heavy (non-hydrogen) atoms. The zero-order valence-electron chi connectivity index (χ0n) is 11.4. The average Bonchev–Trinajstić information content (AvgIpc) is 2.87. The molecule has 1 amide bonds. The Morgan fingerprint density at radius 1 is 1.40 bits per heavy atom. The highest BCUT2D eigenvalue weighted by Gasteiger charge is 2.13. The van der Waals surface area contributed by atoms with Crippen LogP contribution in [0.25, 0.3) is 0 Å². The van der Waals surface area contributed by atoms with Crippen LogP contribution in [0.2, 0.25) is 0 Å². The maximum atomic E-state index is 12.0. The van der Waals surface area contributed by atoms with E-state index in [2.05, 4.69) is 24.3 Å². The third kappa shape index (κ3) is 3.45. The van der Waals surface area contributed by atoms with Gasteiger partial charge in [-0.1, -0.05) is 19.0 Å². The number of hydrogen-bond acceptors (Lipinski definition) is 4. The molecule has 0 aliphatic rings. The summed E-state index contributed by atoms with van der Waals surface area (Å²) in [7, 11) is 0. The number of amides is 1. The first-order valence-corrected chi connectivity index (χ1v) is 6.35. The Hall–Kier alpha value is -2.61. The van der Waals surface area contributed by atoms with Gasteiger partial charge in [-0.25, -0.2) is 0 Å². The largest absolute Gasteiger partial charge is 0.361 e. The normalized spacial score (nSPS) is 10.3. The third-order valence-electron chi connectivity index (χ3n) is 2.67. The van der Waals surface area contributed by atoms with Crippen LogP contribution < -0.4 is 5.32 Å². The van der Waals surface area contributed by atoms with Gasteiger partial charge in [-0.3, -0.25) is 4.79 Å². The fourth-order valence-electron chi connectivity index (χ4n) is 1.74. The summed E-state index contributed by atoms with van der Waals surface area (Å²) in [6.45, 7) is 4.14. The van der Waals surface area contributed by atoms with Crippen LogP contribution in [0.15, 0.2) is 34.9 Å². The number of aromatic nitrogens is 1. The van der Waals surface area contributed by atoms with Crippen molar-refractivity contribution in [1.82, 2.24) is 5.16 Å². The standard InChI is InChI=1S/C15H15N3O2/c1-10(2)7-13-8-14(18-20-13)15(19)17-12-5-3-11(9-16)4-6-12/h3-6,8,10H,7H2,1-2H3,(H,17,19). The predicted octanol–water partition coefficient (Wildman–Crippen LogP) is 3.00. The number of carbonyl (C=O) groups excluding carboxylic acids is 1. The van der Waals surface area contributed by atoms with Gasteiger partial charge in [0.2, 0.25) is 0 Å². The molecule has 0 saturated heterocycles. The van der Waals surface area contributed by atoms with E-state index in [0.717, 1.165) is 6.42 Å². The fourth-order valence-corrected chi connectivity index (χ4v) is 1.74. The molecule has 1 N–H and O–H groups in total. The summed E-state index contributed by atoms with van der Waals surface area (Å²) in [5.74, 6) is 0.816. The number of carbonyl (C=O) groups is 1. The molecule has 0 saturated carbocycles. The number of benzene rings is 1. The molecule has 0 aliphatic heterocycles. The van der Waals surface area contributed by atoms with Crippen molar-refractivity contribution in [2.24, 2.45) is 5.92 Å². The number of nitrogens with one attached hydrogen (secondary N) is 1. The molecule has 0 spiro atoms. The van der Waals surface area contributed by atoms with Gasteiger partial charge in [-0.2, -0.15) is 5.26 Å². The van der Waals surface area contributed by atoms with Crippen molar-refractivity contribution in [1.29, 1.82) is 5.26 Å². The Morgan fingerprint density at radius 2 is 2.10 bits per heavy atom. The Balaban J connectivity index is 2.04. The summed E-state index contributed by atoms with van der Waals surface area (Å²) in [6.07, 6.45) is 0.747. The number of rotatable bonds is 4. The maximum Gasteiger partial charge on any atom is 0.277 e. The molecule has 0 fully saturated rings. The van der Waals surface area contributed by atoms with Crippen LogP contribution in [0.3, 0.4) is 0 Å². The molecule has 0 radical (unpaired) electrons. The van der Waals surface area contributed by atoms with Crippen LogP contribution in [-0.2, 0) is 6.42 Å². The van der Waals surface area contributed by atoms with Crippen LogP contribution >= 0.6 is 0 Å². The van der Waals surface area contributed by atoms with Crippen LogP contribution in [0.4, 0.5) is 5.69 Å². The fraction of sp³-hybridized carbons (Fsp3) is 0.267. The zero-order chi connectivity index (χ0) is 14.5. The second kappa shape index (κ2) is 6.02. The summed E-state index contributed by atoms with van der Waals surface area (Å²) in [4.78, 5) is 12.0. The van der Waals surface area contributed by atoms with Crippen LogP contribution in [-0.4, -0.2) is 11.1 Å². The smallest absolute Gasteiger partial charge is 0.277 e. The number of nitriles is 1. The predicted molar refractivity (Wildman–Crippen MR) is 74.2 cm³/mol. The van der Waals surface area contributed by atoms with Gasteiger partial charge >= 0.3 is 0 Å². The van der Waals surface area contributed by atoms with E-state index in [1.807, 2.05) is 6.07 Å². The topological polar surface area (TPSA) is 78.9 Å². The van der Waals surface area contributed by atoms with Crippen LogP contribution in [0.5, 0.6) is 0 Å². The zero-order valence-corrected chi connectivity index (χ0v) is 11.4. The van der Waals surface area contributed by atoms with E-state index in [1.54, 1.807) is 30.3 Å². The summed E-state index contributed by atoms with van der Waals surface area (Å²) < 4.78 is 5.12. The first kappa shape index (κ1) is 13.8. The van der Waals surface area contributed by atoms with E-state index < -0.39 is 0 Å². The quantitative estimate of drug-likeness (QED) is 0.925. The van der Waals surface area contributed by atoms with Gasteiger partial charge in [-0.05, 0) is 30.2 Å². The minimum Gasteiger partial charge on any atom is -0.361 e. The number of nitrogens with zero attached hydrogens (tertiary/aromatic N) is 2. The van der Waals surface area contributed by atoms with Gasteiger partial charge in [0.05, 0.1) is 11.6 Å². The molecule has 5 heteroatoms. The monoisotopic (exact) mass is 269 g/mol. The highest BCUT2D eigenvalue weighted by molar-refractivity contribution is 6.02. The molecule has 1 aromatic heterocycles. The van der Waals surface area contributed by atoms with Crippen molar-refractivity contribution in [3.05, 3.63) is 47.3 Å². The van der Waals surface area contributed by atoms with E-state index in [9.17, 15) is 4.79 Å². The Morgan fingerprint density at radius 3 is 2.70 bits per heavy atom. The number of hydrogen-bond donors (Lipinski definition) is 1. The van der Waals surface area contributed by atoms with E-state index in [0.29, 0.717) is 22.9 Å². The molecule has 0 bridgehead atoms. The molecule has 0 aliphatic carbocycles. The molecular weight excluding hydrogens is 254 g/mol. The summed E-state index contributed by atoms with van der Waals surface area (Å²) in [5.41, 5.74) is 1.41. The molecule has 5 nitrogen and oxygen atoms in total. The Labute approximate surface area is 117 Å². The van der Waals surface area contributed by atoms with E-state index >= 15 is 0 Å². The van der Waals surface area contributed by atoms with Crippen molar-refractivity contribution in [3.63, 3.8) is 0 Å². The van der Waals surface area contributed by atoms with E-state index in [-0.39, 0.29) is 11.6 Å². The average molecular weight is 269 g/mol. The van der Waals surface area contributed by atoms with Gasteiger partial charge in [-0.15, -0.1) is 0 Å². The van der Waals surface area contributed by atoms with Gasteiger partial charge in [0.1, 0.15) is 5.76 Å². The minimum atomic E-state index is -0.325. The Kier molecular flexibility index (Phi) is 4.16. The van der Waals surface area contributed by atoms with E-state index in [1.165, 1.54) is 0 Å². The first-order chi connectivity index (χ1) is 9.58. The summed E-state index contributed by atoms with van der Waals surface area (Å²) in [5, 5.41) is 15.2. The van der Waals surface area contributed by atoms with Crippen molar-refractivity contribution < 1.29 is 9.32 Å². The van der Waals surface area contributed by atoms with Crippen molar-refractivity contribution in [3.8, 4) is 6.07 Å². The van der Waals surface area contributed by atoms with Crippen LogP contribution in [0.1, 0.15) is 35.7 Å². The number of anilines is 1. The van der Waals surface area contributed by atoms with Gasteiger partial charge in [0.25, 0.3) is 5.91 Å². The lowest BCUT2D eigenvalue weighted by molar-refractivity contribution is 0.101. The minimum absolute atomic E-state index is 0.255. The lowest BCUT2D eigenvalue weighted by atomic mass is 10.1. The van der Waals surface area contributed by atoms with Crippen LogP contribution in [0, 0.1) is 17.2 Å². The highest BCUT2D eigenvalue weighted by Crippen LogP contribution is 2.13. The lowest BCUT2D eigenvalue weighted by Gasteiger charge is -2.01. The lowest BCUT2D eigenvalue weighted by Crippen LogP contribution is -2.12. The molecule has 2 aromatic rings. The molecule has 1 heterocycles.